The third-order valence-electron chi connectivity index (χ3n) is 10.0. The van der Waals surface area contributed by atoms with Crippen molar-refractivity contribution in [3.63, 3.8) is 0 Å². The second kappa shape index (κ2) is 30.9. The van der Waals surface area contributed by atoms with Crippen LogP contribution in [0, 0.1) is 11.8 Å². The molecule has 1 aliphatic rings. The zero-order valence-corrected chi connectivity index (χ0v) is 31.2. The zero-order valence-electron chi connectivity index (χ0n) is 31.2. The molecule has 1 rings (SSSR count). The number of piperidine rings is 1. The van der Waals surface area contributed by atoms with Crippen molar-refractivity contribution in [2.24, 2.45) is 11.8 Å². The van der Waals surface area contributed by atoms with E-state index in [2.05, 4.69) is 38.8 Å². The van der Waals surface area contributed by atoms with Gasteiger partial charge in [-0.25, -0.2) is 0 Å². The molecule has 1 atom stereocenters. The number of esters is 2. The summed E-state index contributed by atoms with van der Waals surface area (Å²) in [5.41, 5.74) is 1.48. The first-order valence-corrected chi connectivity index (χ1v) is 20.2. The van der Waals surface area contributed by atoms with Crippen molar-refractivity contribution in [2.75, 3.05) is 33.4 Å². The van der Waals surface area contributed by atoms with Gasteiger partial charge in [0.2, 0.25) is 0 Å². The number of hydrogen-bond acceptors (Lipinski definition) is 5. The molecule has 0 amide bonds. The van der Waals surface area contributed by atoms with Gasteiger partial charge < -0.3 is 14.4 Å². The molecular weight excluding hydrogens is 570 g/mol. The molecule has 0 aromatic carbocycles. The summed E-state index contributed by atoms with van der Waals surface area (Å²) in [6.07, 6.45) is 34.2. The van der Waals surface area contributed by atoms with Crippen LogP contribution in [0.1, 0.15) is 194 Å². The standard InChI is InChI=1S/C41H77NO4/c1-5-8-11-12-13-14-17-22-27-38(36-46-41(44)39-30-33-42(4)34-31-39)28-23-18-15-16-19-24-29-40(43)45-35-32-37(25-20-9-6-2)26-21-10-7-3/h25,38-39H,5-24,26-36H2,1-4H3/b37-25+. The summed E-state index contributed by atoms with van der Waals surface area (Å²) in [4.78, 5) is 27.3. The molecule has 1 fully saturated rings. The van der Waals surface area contributed by atoms with Crippen LogP contribution in [0.15, 0.2) is 11.6 Å². The Kier molecular flexibility index (Phi) is 28.7. The number of hydrogen-bond donors (Lipinski definition) is 0. The highest BCUT2D eigenvalue weighted by molar-refractivity contribution is 5.72. The first-order chi connectivity index (χ1) is 22.5. The van der Waals surface area contributed by atoms with Crippen LogP contribution in [0.2, 0.25) is 0 Å². The summed E-state index contributed by atoms with van der Waals surface area (Å²) in [7, 11) is 2.13. The van der Waals surface area contributed by atoms with Gasteiger partial charge in [-0.2, -0.15) is 0 Å². The molecular formula is C41H77NO4. The van der Waals surface area contributed by atoms with Crippen molar-refractivity contribution in [3.05, 3.63) is 11.6 Å². The molecule has 1 heterocycles. The third-order valence-corrected chi connectivity index (χ3v) is 10.0. The summed E-state index contributed by atoms with van der Waals surface area (Å²) in [5.74, 6) is 0.611. The van der Waals surface area contributed by atoms with Crippen molar-refractivity contribution < 1.29 is 19.1 Å². The fourth-order valence-corrected chi connectivity index (χ4v) is 6.66. The van der Waals surface area contributed by atoms with E-state index in [9.17, 15) is 9.59 Å². The molecule has 0 spiro atoms. The van der Waals surface area contributed by atoms with E-state index in [1.54, 1.807) is 0 Å². The molecule has 0 bridgehead atoms. The summed E-state index contributed by atoms with van der Waals surface area (Å²) < 4.78 is 11.5. The average Bonchev–Trinajstić information content (AvgIpc) is 3.05. The molecule has 5 nitrogen and oxygen atoms in total. The van der Waals surface area contributed by atoms with Gasteiger partial charge in [-0.1, -0.05) is 142 Å². The van der Waals surface area contributed by atoms with Crippen molar-refractivity contribution in [3.8, 4) is 0 Å². The van der Waals surface area contributed by atoms with Gasteiger partial charge in [0.1, 0.15) is 0 Å². The molecule has 0 radical (unpaired) electrons. The van der Waals surface area contributed by atoms with Crippen LogP contribution in [0.3, 0.4) is 0 Å². The largest absolute Gasteiger partial charge is 0.465 e. The lowest BCUT2D eigenvalue weighted by atomic mass is 9.94. The van der Waals surface area contributed by atoms with Crippen LogP contribution in [0.5, 0.6) is 0 Å². The number of unbranched alkanes of at least 4 members (excludes halogenated alkanes) is 16. The molecule has 0 aromatic heterocycles. The highest BCUT2D eigenvalue weighted by Crippen LogP contribution is 2.23. The first kappa shape index (κ1) is 42.7. The predicted octanol–water partition coefficient (Wildman–Crippen LogP) is 11.8. The molecule has 0 saturated carbocycles. The number of ether oxygens (including phenoxy) is 2. The monoisotopic (exact) mass is 648 g/mol. The van der Waals surface area contributed by atoms with E-state index in [1.807, 2.05) is 0 Å². The lowest BCUT2D eigenvalue weighted by Gasteiger charge is -2.28. The smallest absolute Gasteiger partial charge is 0.309 e. The average molecular weight is 648 g/mol. The van der Waals surface area contributed by atoms with Crippen molar-refractivity contribution in [1.82, 2.24) is 4.90 Å². The number of carbonyl (C=O) groups excluding carboxylic acids is 2. The maximum absolute atomic E-state index is 12.7. The van der Waals surface area contributed by atoms with Gasteiger partial charge in [0.25, 0.3) is 0 Å². The van der Waals surface area contributed by atoms with E-state index in [0.717, 1.165) is 64.5 Å². The van der Waals surface area contributed by atoms with E-state index >= 15 is 0 Å². The molecule has 1 saturated heterocycles. The van der Waals surface area contributed by atoms with Crippen LogP contribution in [-0.2, 0) is 19.1 Å². The Bertz CT molecular complexity index is 743. The van der Waals surface area contributed by atoms with Gasteiger partial charge in [0.05, 0.1) is 19.1 Å². The summed E-state index contributed by atoms with van der Waals surface area (Å²) in [6, 6.07) is 0. The van der Waals surface area contributed by atoms with Crippen LogP contribution in [-0.4, -0.2) is 50.2 Å². The fraction of sp³-hybridized carbons (Fsp3) is 0.902. The molecule has 1 aliphatic heterocycles. The summed E-state index contributed by atoms with van der Waals surface area (Å²) in [6.45, 7) is 9.90. The van der Waals surface area contributed by atoms with Gasteiger partial charge in [0, 0.05) is 12.8 Å². The second-order valence-corrected chi connectivity index (χ2v) is 14.4. The van der Waals surface area contributed by atoms with Crippen LogP contribution in [0.25, 0.3) is 0 Å². The SMILES string of the molecule is CCCC/C=C(\CCCCC)CCOC(=O)CCCCCCCCC(CCCCCCCCCC)COC(=O)C1CCN(C)CC1. The minimum absolute atomic E-state index is 0.0277. The van der Waals surface area contributed by atoms with Crippen LogP contribution < -0.4 is 0 Å². The van der Waals surface area contributed by atoms with Gasteiger partial charge in [-0.3, -0.25) is 9.59 Å². The Labute approximate surface area is 286 Å². The van der Waals surface area contributed by atoms with Gasteiger partial charge >= 0.3 is 11.9 Å². The van der Waals surface area contributed by atoms with Gasteiger partial charge in [0.15, 0.2) is 0 Å². The minimum atomic E-state index is -0.0277. The van der Waals surface area contributed by atoms with Crippen molar-refractivity contribution in [2.45, 2.75) is 194 Å². The van der Waals surface area contributed by atoms with Gasteiger partial charge in [-0.05, 0) is 77.4 Å². The highest BCUT2D eigenvalue weighted by Gasteiger charge is 2.25. The Hall–Kier alpha value is -1.36. The number of likely N-dealkylation sites (tertiary alicyclic amines) is 1. The fourth-order valence-electron chi connectivity index (χ4n) is 6.66. The van der Waals surface area contributed by atoms with Gasteiger partial charge in [-0.15, -0.1) is 0 Å². The van der Waals surface area contributed by atoms with Crippen molar-refractivity contribution >= 4 is 11.9 Å². The number of carbonyl (C=O) groups is 2. The molecule has 270 valence electrons. The van der Waals surface area contributed by atoms with Crippen molar-refractivity contribution in [1.29, 1.82) is 0 Å². The number of nitrogens with zero attached hydrogens (tertiary/aromatic N) is 1. The lowest BCUT2D eigenvalue weighted by Crippen LogP contribution is -2.34. The molecule has 46 heavy (non-hydrogen) atoms. The van der Waals surface area contributed by atoms with Crippen LogP contribution >= 0.6 is 0 Å². The molecule has 0 aromatic rings. The Morgan fingerprint density at radius 1 is 0.652 bits per heavy atom. The summed E-state index contributed by atoms with van der Waals surface area (Å²) in [5, 5.41) is 0. The Balaban J connectivity index is 2.23. The van der Waals surface area contributed by atoms with E-state index < -0.39 is 0 Å². The molecule has 5 heteroatoms. The maximum atomic E-state index is 12.7. The van der Waals surface area contributed by atoms with E-state index in [1.165, 1.54) is 121 Å². The normalized spacial score (nSPS) is 15.3. The van der Waals surface area contributed by atoms with E-state index in [4.69, 9.17) is 9.47 Å². The lowest BCUT2D eigenvalue weighted by molar-refractivity contribution is -0.151. The minimum Gasteiger partial charge on any atom is -0.465 e. The third kappa shape index (κ3) is 24.8. The van der Waals surface area contributed by atoms with Crippen LogP contribution in [0.4, 0.5) is 0 Å². The first-order valence-electron chi connectivity index (χ1n) is 20.2. The number of rotatable bonds is 31. The quantitative estimate of drug-likeness (QED) is 0.0426. The summed E-state index contributed by atoms with van der Waals surface area (Å²) >= 11 is 0. The maximum Gasteiger partial charge on any atom is 0.309 e. The molecule has 1 unspecified atom stereocenters. The topological polar surface area (TPSA) is 55.8 Å². The molecule has 0 aliphatic carbocycles. The highest BCUT2D eigenvalue weighted by atomic mass is 16.5. The van der Waals surface area contributed by atoms with E-state index in [-0.39, 0.29) is 17.9 Å². The number of allylic oxidation sites excluding steroid dienone is 1. The predicted molar refractivity (Wildman–Crippen MR) is 196 cm³/mol. The Morgan fingerprint density at radius 3 is 1.78 bits per heavy atom. The zero-order chi connectivity index (χ0) is 33.5. The molecule has 0 N–H and O–H groups in total. The van der Waals surface area contributed by atoms with E-state index in [0.29, 0.717) is 25.6 Å². The second-order valence-electron chi connectivity index (χ2n) is 14.4. The Morgan fingerprint density at radius 2 is 1.17 bits per heavy atom.